The zero-order chi connectivity index (χ0) is 29.0. The Bertz CT molecular complexity index is 1400. The number of likely N-dealkylation sites (tertiary alicyclic amines) is 1. The number of nitrogens with zero attached hydrogens (tertiary/aromatic N) is 3. The van der Waals surface area contributed by atoms with E-state index in [9.17, 15) is 23.1 Å². The van der Waals surface area contributed by atoms with Crippen molar-refractivity contribution in [1.82, 2.24) is 14.1 Å². The molecule has 220 valence electrons. The maximum atomic E-state index is 13.5. The van der Waals surface area contributed by atoms with Gasteiger partial charge in [-0.25, -0.2) is 8.42 Å². The molecule has 0 radical (unpaired) electrons. The number of carbonyl (C=O) groups excluding carboxylic acids is 2. The fourth-order valence-electron chi connectivity index (χ4n) is 5.58. The van der Waals surface area contributed by atoms with E-state index in [4.69, 9.17) is 9.47 Å². The van der Waals surface area contributed by atoms with Gasteiger partial charge in [0.25, 0.3) is 11.7 Å². The Morgan fingerprint density at radius 3 is 2.24 bits per heavy atom. The molecule has 1 atom stereocenters. The van der Waals surface area contributed by atoms with Crippen LogP contribution in [0.1, 0.15) is 36.1 Å². The maximum Gasteiger partial charge on any atom is 0.295 e. The van der Waals surface area contributed by atoms with Gasteiger partial charge in [0.15, 0.2) is 0 Å². The van der Waals surface area contributed by atoms with E-state index in [0.717, 1.165) is 31.6 Å². The van der Waals surface area contributed by atoms with Crippen LogP contribution in [0.4, 0.5) is 0 Å². The van der Waals surface area contributed by atoms with Crippen molar-refractivity contribution in [2.75, 3.05) is 65.7 Å². The van der Waals surface area contributed by atoms with Gasteiger partial charge in [-0.05, 0) is 36.1 Å². The van der Waals surface area contributed by atoms with Crippen molar-refractivity contribution in [2.24, 2.45) is 0 Å². The maximum absolute atomic E-state index is 13.5. The Labute approximate surface area is 241 Å². The van der Waals surface area contributed by atoms with Crippen LogP contribution >= 0.6 is 0 Å². The third kappa shape index (κ3) is 6.24. The number of aliphatic hydroxyl groups excluding tert-OH is 1. The molecular formula is C30H37N3O7S. The summed E-state index contributed by atoms with van der Waals surface area (Å²) in [5, 5.41) is 11.5. The molecule has 5 rings (SSSR count). The van der Waals surface area contributed by atoms with Crippen molar-refractivity contribution in [3.63, 3.8) is 0 Å². The lowest BCUT2D eigenvalue weighted by molar-refractivity contribution is -0.140. The number of benzene rings is 2. The highest BCUT2D eigenvalue weighted by molar-refractivity contribution is 7.89. The smallest absolute Gasteiger partial charge is 0.295 e. The Kier molecular flexibility index (Phi) is 9.20. The first-order chi connectivity index (χ1) is 19.8. The standard InChI is InChI=1S/C30H37N3O7S/c1-2-22-7-9-23(10-8-22)27-26(29(35)30(36)33(27)12-4-11-31-13-17-39-18-14-31)28(34)24-5-3-6-25(21-24)41(37,38)32-15-19-40-20-16-32/h3,5-10,21,27,34H,2,4,11-20H2,1H3/b28-26+. The molecule has 11 heteroatoms. The van der Waals surface area contributed by atoms with Gasteiger partial charge < -0.3 is 19.5 Å². The molecule has 2 aromatic carbocycles. The molecule has 41 heavy (non-hydrogen) atoms. The second-order valence-electron chi connectivity index (χ2n) is 10.4. The predicted molar refractivity (Wildman–Crippen MR) is 153 cm³/mol. The number of sulfonamides is 1. The van der Waals surface area contributed by atoms with E-state index in [1.165, 1.54) is 27.4 Å². The molecule has 1 N–H and O–H groups in total. The lowest BCUT2D eigenvalue weighted by Crippen LogP contribution is -2.40. The number of aliphatic hydroxyl groups is 1. The van der Waals surface area contributed by atoms with Gasteiger partial charge in [-0.2, -0.15) is 4.31 Å². The zero-order valence-electron chi connectivity index (χ0n) is 23.3. The van der Waals surface area contributed by atoms with Crippen LogP contribution in [0.15, 0.2) is 59.0 Å². The van der Waals surface area contributed by atoms with Crippen molar-refractivity contribution < 1.29 is 32.6 Å². The summed E-state index contributed by atoms with van der Waals surface area (Å²) in [5.74, 6) is -1.84. The quantitative estimate of drug-likeness (QED) is 0.272. The van der Waals surface area contributed by atoms with Crippen LogP contribution in [0.2, 0.25) is 0 Å². The lowest BCUT2D eigenvalue weighted by atomic mass is 9.94. The fourth-order valence-corrected chi connectivity index (χ4v) is 7.03. The molecule has 2 aromatic rings. The Morgan fingerprint density at radius 2 is 1.59 bits per heavy atom. The number of carbonyl (C=O) groups is 2. The first-order valence-electron chi connectivity index (χ1n) is 14.2. The summed E-state index contributed by atoms with van der Waals surface area (Å²) in [6, 6.07) is 12.8. The van der Waals surface area contributed by atoms with Crippen LogP contribution in [-0.2, 0) is 35.5 Å². The predicted octanol–water partition coefficient (Wildman–Crippen LogP) is 2.41. The van der Waals surface area contributed by atoms with Gasteiger partial charge in [0, 0.05) is 44.8 Å². The van der Waals surface area contributed by atoms with Gasteiger partial charge in [0.2, 0.25) is 10.0 Å². The summed E-state index contributed by atoms with van der Waals surface area (Å²) >= 11 is 0. The number of Topliss-reactive ketones (excluding diaryl/α,β-unsaturated/α-hetero) is 1. The third-order valence-electron chi connectivity index (χ3n) is 7.94. The molecule has 1 unspecified atom stereocenters. The molecule has 3 heterocycles. The first kappa shape index (κ1) is 29.4. The number of hydrogen-bond acceptors (Lipinski definition) is 8. The lowest BCUT2D eigenvalue weighted by Gasteiger charge is -2.29. The minimum Gasteiger partial charge on any atom is -0.507 e. The van der Waals surface area contributed by atoms with Gasteiger partial charge in [0.05, 0.1) is 42.9 Å². The average Bonchev–Trinajstić information content (AvgIpc) is 3.27. The summed E-state index contributed by atoms with van der Waals surface area (Å²) in [5.41, 5.74) is 1.96. The molecule has 1 amide bonds. The highest BCUT2D eigenvalue weighted by atomic mass is 32.2. The third-order valence-corrected chi connectivity index (χ3v) is 9.83. The van der Waals surface area contributed by atoms with Crippen LogP contribution < -0.4 is 0 Å². The number of ketones is 1. The van der Waals surface area contributed by atoms with Gasteiger partial charge >= 0.3 is 0 Å². The van der Waals surface area contributed by atoms with E-state index < -0.39 is 27.8 Å². The molecule has 10 nitrogen and oxygen atoms in total. The van der Waals surface area contributed by atoms with Crippen molar-refractivity contribution in [2.45, 2.75) is 30.7 Å². The molecular weight excluding hydrogens is 546 g/mol. The largest absolute Gasteiger partial charge is 0.507 e. The molecule has 0 saturated carbocycles. The Hall–Kier alpha value is -3.09. The molecule has 3 aliphatic heterocycles. The van der Waals surface area contributed by atoms with Crippen molar-refractivity contribution >= 4 is 27.5 Å². The van der Waals surface area contributed by atoms with Crippen LogP contribution in [-0.4, -0.2) is 105 Å². The number of morpholine rings is 2. The average molecular weight is 584 g/mol. The summed E-state index contributed by atoms with van der Waals surface area (Å²) in [6.45, 7) is 7.24. The number of amides is 1. The van der Waals surface area contributed by atoms with E-state index in [1.807, 2.05) is 31.2 Å². The summed E-state index contributed by atoms with van der Waals surface area (Å²) in [7, 11) is -3.83. The molecule has 3 fully saturated rings. The summed E-state index contributed by atoms with van der Waals surface area (Å²) in [4.78, 5) is 30.6. The monoisotopic (exact) mass is 583 g/mol. The van der Waals surface area contributed by atoms with Crippen LogP contribution in [0.5, 0.6) is 0 Å². The molecule has 3 aliphatic rings. The van der Waals surface area contributed by atoms with E-state index in [1.54, 1.807) is 6.07 Å². The van der Waals surface area contributed by atoms with E-state index >= 15 is 0 Å². The van der Waals surface area contributed by atoms with Crippen molar-refractivity contribution in [3.05, 3.63) is 70.8 Å². The van der Waals surface area contributed by atoms with Crippen LogP contribution in [0, 0.1) is 0 Å². The minimum atomic E-state index is -3.83. The molecule has 0 spiro atoms. The number of ether oxygens (including phenoxy) is 2. The van der Waals surface area contributed by atoms with Crippen molar-refractivity contribution in [3.8, 4) is 0 Å². The first-order valence-corrected chi connectivity index (χ1v) is 15.6. The topological polar surface area (TPSA) is 117 Å². The van der Waals surface area contributed by atoms with Crippen molar-refractivity contribution in [1.29, 1.82) is 0 Å². The second-order valence-corrected chi connectivity index (χ2v) is 12.4. The van der Waals surface area contributed by atoms with Gasteiger partial charge in [0.1, 0.15) is 5.76 Å². The number of rotatable bonds is 9. The van der Waals surface area contributed by atoms with E-state index in [2.05, 4.69) is 4.90 Å². The van der Waals surface area contributed by atoms with Gasteiger partial charge in [-0.1, -0.05) is 43.3 Å². The highest BCUT2D eigenvalue weighted by Gasteiger charge is 2.46. The van der Waals surface area contributed by atoms with E-state index in [0.29, 0.717) is 45.0 Å². The normalized spacial score (nSPS) is 22.4. The molecule has 0 bridgehead atoms. The minimum absolute atomic E-state index is 0.00652. The van der Waals surface area contributed by atoms with Gasteiger partial charge in [-0.3, -0.25) is 14.5 Å². The van der Waals surface area contributed by atoms with Crippen LogP contribution in [0.25, 0.3) is 5.76 Å². The summed E-state index contributed by atoms with van der Waals surface area (Å²) in [6.07, 6.45) is 1.49. The molecule has 0 aromatic heterocycles. The number of aryl methyl sites for hydroxylation is 1. The van der Waals surface area contributed by atoms with E-state index in [-0.39, 0.29) is 34.9 Å². The van der Waals surface area contributed by atoms with Crippen LogP contribution in [0.3, 0.4) is 0 Å². The SMILES string of the molecule is CCc1ccc(C2/C(=C(\O)c3cccc(S(=O)(=O)N4CCOCC4)c3)C(=O)C(=O)N2CCCN2CCOCC2)cc1. The molecule has 0 aliphatic carbocycles. The second kappa shape index (κ2) is 12.8. The highest BCUT2D eigenvalue weighted by Crippen LogP contribution is 2.40. The Morgan fingerprint density at radius 1 is 0.927 bits per heavy atom. The molecule has 3 saturated heterocycles. The summed E-state index contributed by atoms with van der Waals surface area (Å²) < 4.78 is 38.6. The number of hydrogen-bond donors (Lipinski definition) is 1. The fraction of sp³-hybridized carbons (Fsp3) is 0.467. The Balaban J connectivity index is 1.49. The van der Waals surface area contributed by atoms with Gasteiger partial charge in [-0.15, -0.1) is 0 Å². The zero-order valence-corrected chi connectivity index (χ0v) is 24.1.